The number of aliphatic imine (C=N–C) groups is 1. The largest absolute Gasteiger partial charge is 0.494 e. The molecule has 13 heteroatoms. The van der Waals surface area contributed by atoms with Gasteiger partial charge in [0.2, 0.25) is 0 Å². The molecular formula is C25H27F3N5O5-. The second-order valence-electron chi connectivity index (χ2n) is 9.94. The molecule has 3 heterocycles. The van der Waals surface area contributed by atoms with Gasteiger partial charge >= 0.3 is 6.09 Å². The number of carbonyl (C=O) groups is 2. The lowest BCUT2D eigenvalue weighted by atomic mass is 9.75. The van der Waals surface area contributed by atoms with Crippen molar-refractivity contribution >= 4 is 23.7 Å². The van der Waals surface area contributed by atoms with Crippen molar-refractivity contribution in [1.29, 1.82) is 0 Å². The van der Waals surface area contributed by atoms with E-state index in [1.165, 1.54) is 12.1 Å². The minimum atomic E-state index is -2.82. The van der Waals surface area contributed by atoms with Crippen LogP contribution in [0.4, 0.5) is 23.7 Å². The molecule has 0 bridgehead atoms. The number of aromatic nitrogens is 2. The van der Waals surface area contributed by atoms with Crippen molar-refractivity contribution in [3.8, 4) is 0 Å². The summed E-state index contributed by atoms with van der Waals surface area (Å²) in [5, 5.41) is 5.00. The zero-order chi connectivity index (χ0) is 27.8. The summed E-state index contributed by atoms with van der Waals surface area (Å²) in [6.07, 6.45) is -3.12. The van der Waals surface area contributed by atoms with Crippen LogP contribution in [0.3, 0.4) is 0 Å². The lowest BCUT2D eigenvalue weighted by Crippen LogP contribution is -2.51. The Labute approximate surface area is 217 Å². The highest BCUT2D eigenvalue weighted by Crippen LogP contribution is 2.48. The molecule has 2 aliphatic heterocycles. The Balaban J connectivity index is 1.66. The Morgan fingerprint density at radius 1 is 1.21 bits per heavy atom. The van der Waals surface area contributed by atoms with Crippen LogP contribution >= 0.6 is 0 Å². The van der Waals surface area contributed by atoms with E-state index in [4.69, 9.17) is 14.2 Å². The van der Waals surface area contributed by atoms with Gasteiger partial charge in [-0.15, -0.1) is 0 Å². The fourth-order valence-electron chi connectivity index (χ4n) is 4.45. The predicted octanol–water partition coefficient (Wildman–Crippen LogP) is 4.15. The van der Waals surface area contributed by atoms with Crippen molar-refractivity contribution < 1.29 is 37.0 Å². The van der Waals surface area contributed by atoms with E-state index in [0.717, 1.165) is 18.5 Å². The number of benzene rings is 1. The lowest BCUT2D eigenvalue weighted by molar-refractivity contribution is 0.0425. The summed E-state index contributed by atoms with van der Waals surface area (Å²) >= 11 is 0. The smallest absolute Gasteiger partial charge is 0.415 e. The summed E-state index contributed by atoms with van der Waals surface area (Å²) in [4.78, 5) is 36.8. The molecule has 2 amide bonds. The van der Waals surface area contributed by atoms with Gasteiger partial charge in [-0.25, -0.2) is 33.3 Å². The van der Waals surface area contributed by atoms with E-state index in [9.17, 15) is 18.4 Å². The molecule has 1 aromatic heterocycles. The number of ether oxygens (including phenoxy) is 3. The van der Waals surface area contributed by atoms with Gasteiger partial charge in [0, 0.05) is 17.2 Å². The van der Waals surface area contributed by atoms with Crippen LogP contribution in [0.25, 0.3) is 0 Å². The number of nitrogens with zero attached hydrogens (tertiary/aromatic N) is 3. The average Bonchev–Trinajstić information content (AvgIpc) is 3.16. The molecule has 4 unspecified atom stereocenters. The standard InChI is InChI=1S/C25H27F3N5O5/c1-12-19-13(2)37-22(32-23(35)38-24(3,4)5)33-25(19,11-36-12)15-8-14(6-7-16(15)26)31-21(34)18-10-29-17(9-30-18)20(27)28/h6-10,12-13,19-20H,2,11H2,1,3-5H3,(H,31,34)(H,32,33,35)/q-1. The topological polar surface area (TPSA) is 124 Å². The number of carbonyl (C=O) groups excluding carboxylic acids is 2. The molecule has 0 saturated carbocycles. The molecule has 2 N–H and O–H groups in total. The highest BCUT2D eigenvalue weighted by molar-refractivity contribution is 6.02. The number of hydrogen-bond donors (Lipinski definition) is 2. The highest BCUT2D eigenvalue weighted by Gasteiger charge is 2.55. The first-order chi connectivity index (χ1) is 17.8. The molecule has 38 heavy (non-hydrogen) atoms. The summed E-state index contributed by atoms with van der Waals surface area (Å²) in [5.41, 5.74) is -2.65. The van der Waals surface area contributed by atoms with Crippen molar-refractivity contribution in [2.75, 3.05) is 11.9 Å². The molecule has 1 fully saturated rings. The summed E-state index contributed by atoms with van der Waals surface area (Å²) in [7, 11) is 0. The molecule has 4 atom stereocenters. The molecule has 0 aliphatic carbocycles. The Morgan fingerprint density at radius 2 is 1.95 bits per heavy atom. The monoisotopic (exact) mass is 534 g/mol. The third-order valence-corrected chi connectivity index (χ3v) is 6.01. The van der Waals surface area contributed by atoms with Crippen LogP contribution < -0.4 is 10.6 Å². The van der Waals surface area contributed by atoms with E-state index in [-0.39, 0.29) is 29.6 Å². The number of fused-ring (bicyclic) bond motifs is 1. The Kier molecular flexibility index (Phi) is 7.33. The van der Waals surface area contributed by atoms with Gasteiger partial charge in [0.15, 0.2) is 0 Å². The van der Waals surface area contributed by atoms with Crippen molar-refractivity contribution in [3.05, 3.63) is 60.3 Å². The maximum absolute atomic E-state index is 15.3. The second-order valence-corrected chi connectivity index (χ2v) is 9.94. The SMILES string of the molecule is [CH2-]C1OC(NC(=O)OC(C)(C)C)=NC2(c3cc(NC(=O)c4cnc(C(F)F)cn4)ccc3F)COC(C)C12. The summed E-state index contributed by atoms with van der Waals surface area (Å²) < 4.78 is 57.6. The average molecular weight is 535 g/mol. The molecule has 0 radical (unpaired) electrons. The maximum Gasteiger partial charge on any atom is 0.415 e. The summed E-state index contributed by atoms with van der Waals surface area (Å²) in [5.74, 6) is -1.92. The fourth-order valence-corrected chi connectivity index (χ4v) is 4.45. The van der Waals surface area contributed by atoms with E-state index < -0.39 is 59.2 Å². The number of nitrogens with one attached hydrogen (secondary N) is 2. The zero-order valence-electron chi connectivity index (χ0n) is 21.1. The van der Waals surface area contributed by atoms with Crippen molar-refractivity contribution in [3.63, 3.8) is 0 Å². The van der Waals surface area contributed by atoms with E-state index in [0.29, 0.717) is 0 Å². The molecule has 4 rings (SSSR count). The Morgan fingerprint density at radius 3 is 2.58 bits per heavy atom. The van der Waals surface area contributed by atoms with Gasteiger partial charge in [0.1, 0.15) is 28.3 Å². The lowest BCUT2D eigenvalue weighted by Gasteiger charge is -2.43. The maximum atomic E-state index is 15.3. The van der Waals surface area contributed by atoms with Crippen LogP contribution in [-0.2, 0) is 19.7 Å². The first-order valence-electron chi connectivity index (χ1n) is 11.7. The molecule has 204 valence electrons. The van der Waals surface area contributed by atoms with E-state index in [1.807, 2.05) is 0 Å². The number of amides is 2. The minimum absolute atomic E-state index is 0.0530. The molecular weight excluding hydrogens is 507 g/mol. The molecule has 0 spiro atoms. The van der Waals surface area contributed by atoms with Crippen molar-refractivity contribution in [1.82, 2.24) is 15.3 Å². The fraction of sp³-hybridized carbons (Fsp3) is 0.440. The number of hydrogen-bond acceptors (Lipinski definition) is 8. The molecule has 1 aromatic carbocycles. The van der Waals surface area contributed by atoms with Gasteiger partial charge in [0.25, 0.3) is 18.4 Å². The third kappa shape index (κ3) is 5.57. The predicted molar refractivity (Wildman–Crippen MR) is 129 cm³/mol. The minimum Gasteiger partial charge on any atom is -0.494 e. The number of amidine groups is 1. The van der Waals surface area contributed by atoms with Gasteiger partial charge in [-0.1, -0.05) is 0 Å². The van der Waals surface area contributed by atoms with E-state index in [1.54, 1.807) is 27.7 Å². The van der Waals surface area contributed by atoms with E-state index >= 15 is 4.39 Å². The number of halogens is 3. The van der Waals surface area contributed by atoms with Gasteiger partial charge in [-0.2, -0.15) is 0 Å². The van der Waals surface area contributed by atoms with Crippen molar-refractivity contribution in [2.45, 2.75) is 57.5 Å². The van der Waals surface area contributed by atoms with Gasteiger partial charge in [-0.05, 0) is 52.0 Å². The van der Waals surface area contributed by atoms with Crippen LogP contribution in [0.5, 0.6) is 0 Å². The van der Waals surface area contributed by atoms with Crippen molar-refractivity contribution in [2.24, 2.45) is 10.9 Å². The second kappa shape index (κ2) is 10.2. The number of anilines is 1. The van der Waals surface area contributed by atoms with Gasteiger partial charge < -0.3 is 26.5 Å². The first-order valence-corrected chi connectivity index (χ1v) is 11.7. The molecule has 1 saturated heterocycles. The highest BCUT2D eigenvalue weighted by atomic mass is 19.3. The molecule has 2 aromatic rings. The zero-order valence-corrected chi connectivity index (χ0v) is 21.1. The Hall–Kier alpha value is -3.74. The number of alkyl carbamates (subject to hydrolysis) is 1. The van der Waals surface area contributed by atoms with Crippen LogP contribution in [0.1, 0.15) is 55.9 Å². The first kappa shape index (κ1) is 27.3. The van der Waals surface area contributed by atoms with Crippen LogP contribution in [0, 0.1) is 18.7 Å². The normalized spacial score (nSPS) is 24.8. The summed E-state index contributed by atoms with van der Waals surface area (Å²) in [6.45, 7) is 10.8. The quantitative estimate of drug-likeness (QED) is 0.565. The van der Waals surface area contributed by atoms with Crippen LogP contribution in [0.15, 0.2) is 35.6 Å². The van der Waals surface area contributed by atoms with E-state index in [2.05, 4.69) is 32.5 Å². The Bertz CT molecular complexity index is 1250. The molecule has 10 nitrogen and oxygen atoms in total. The number of alkyl halides is 2. The van der Waals surface area contributed by atoms with Gasteiger partial charge in [0.05, 0.1) is 25.1 Å². The van der Waals surface area contributed by atoms with Crippen LogP contribution in [-0.4, -0.2) is 52.4 Å². The number of rotatable bonds is 4. The third-order valence-electron chi connectivity index (χ3n) is 6.01. The molecule has 2 aliphatic rings. The van der Waals surface area contributed by atoms with Gasteiger partial charge in [-0.3, -0.25) is 9.78 Å². The summed E-state index contributed by atoms with van der Waals surface area (Å²) in [6, 6.07) is 3.65. The van der Waals surface area contributed by atoms with Crippen LogP contribution in [0.2, 0.25) is 0 Å².